The highest BCUT2D eigenvalue weighted by Gasteiger charge is 2.36. The third-order valence-corrected chi connectivity index (χ3v) is 5.12. The Kier molecular flexibility index (Phi) is 3.18. The molecule has 0 aromatic carbocycles. The highest BCUT2D eigenvalue weighted by atomic mass is 32.1. The van der Waals surface area contributed by atoms with Gasteiger partial charge in [-0.25, -0.2) is 4.98 Å². The van der Waals surface area contributed by atoms with Crippen LogP contribution in [0.4, 0.5) is 5.13 Å². The third kappa shape index (κ3) is 2.61. The average Bonchev–Trinajstić information content (AvgIpc) is 2.70. The minimum absolute atomic E-state index is 0.0414. The number of aromatic nitrogens is 1. The van der Waals surface area contributed by atoms with Gasteiger partial charge in [0.2, 0.25) is 0 Å². The number of ether oxygens (including phenoxy) is 1. The Morgan fingerprint density at radius 3 is 2.70 bits per heavy atom. The lowest BCUT2D eigenvalue weighted by atomic mass is 9.78. The molecule has 0 N–H and O–H groups in total. The molecule has 0 radical (unpaired) electrons. The zero-order chi connectivity index (χ0) is 14.5. The Balaban J connectivity index is 1.88. The Morgan fingerprint density at radius 2 is 2.00 bits per heavy atom. The molecule has 1 aliphatic carbocycles. The summed E-state index contributed by atoms with van der Waals surface area (Å²) in [6.07, 6.45) is 1.54. The Labute approximate surface area is 124 Å². The number of morpholine rings is 1. The maximum Gasteiger partial charge on any atom is 0.186 e. The zero-order valence-corrected chi connectivity index (χ0v) is 13.5. The van der Waals surface area contributed by atoms with Gasteiger partial charge in [-0.05, 0) is 25.7 Å². The molecule has 0 atom stereocenters. The number of carbonyl (C=O) groups excluding carboxylic acids is 1. The van der Waals surface area contributed by atoms with Gasteiger partial charge < -0.3 is 9.64 Å². The molecule has 2 heterocycles. The number of carbonyl (C=O) groups is 1. The molecule has 0 saturated carbocycles. The molecule has 2 aliphatic rings. The fourth-order valence-electron chi connectivity index (χ4n) is 3.02. The number of anilines is 1. The maximum absolute atomic E-state index is 12.3. The van der Waals surface area contributed by atoms with Gasteiger partial charge in [0.25, 0.3) is 0 Å². The Bertz CT molecular complexity index is 548. The van der Waals surface area contributed by atoms with Gasteiger partial charge in [-0.2, -0.15) is 0 Å². The number of rotatable bonds is 1. The van der Waals surface area contributed by atoms with Crippen molar-refractivity contribution in [2.75, 3.05) is 24.6 Å². The van der Waals surface area contributed by atoms with E-state index in [9.17, 15) is 4.79 Å². The summed E-state index contributed by atoms with van der Waals surface area (Å²) in [5.41, 5.74) is 0.892. The van der Waals surface area contributed by atoms with E-state index >= 15 is 0 Å². The number of hydrogen-bond donors (Lipinski definition) is 0. The number of fused-ring (bicyclic) bond motifs is 1. The topological polar surface area (TPSA) is 42.4 Å². The minimum Gasteiger partial charge on any atom is -0.372 e. The van der Waals surface area contributed by atoms with Crippen molar-refractivity contribution < 1.29 is 9.53 Å². The molecule has 0 unspecified atom stereocenters. The molecule has 1 aromatic heterocycles. The van der Waals surface area contributed by atoms with Crippen molar-refractivity contribution in [3.8, 4) is 0 Å². The molecule has 110 valence electrons. The van der Waals surface area contributed by atoms with Gasteiger partial charge in [0.15, 0.2) is 10.9 Å². The van der Waals surface area contributed by atoms with Crippen molar-refractivity contribution in [2.45, 2.75) is 46.1 Å². The van der Waals surface area contributed by atoms with Crippen LogP contribution in [0.5, 0.6) is 0 Å². The summed E-state index contributed by atoms with van der Waals surface area (Å²) in [5, 5.41) is 0.984. The number of nitrogens with zero attached hydrogens (tertiary/aromatic N) is 2. The normalized spacial score (nSPS) is 24.6. The second kappa shape index (κ2) is 4.53. The van der Waals surface area contributed by atoms with Gasteiger partial charge >= 0.3 is 0 Å². The summed E-state index contributed by atoms with van der Waals surface area (Å²) in [4.78, 5) is 20.1. The van der Waals surface area contributed by atoms with Gasteiger partial charge in [0.05, 0.1) is 22.8 Å². The summed E-state index contributed by atoms with van der Waals surface area (Å²) in [7, 11) is 0. The van der Waals surface area contributed by atoms with Gasteiger partial charge in [-0.15, -0.1) is 0 Å². The van der Waals surface area contributed by atoms with Crippen LogP contribution in [0.25, 0.3) is 0 Å². The minimum atomic E-state index is -0.145. The average molecular weight is 294 g/mol. The van der Waals surface area contributed by atoms with Crippen LogP contribution < -0.4 is 4.90 Å². The third-order valence-electron chi connectivity index (χ3n) is 3.92. The predicted octanol–water partition coefficient (Wildman–Crippen LogP) is 2.91. The van der Waals surface area contributed by atoms with Crippen molar-refractivity contribution in [1.82, 2.24) is 4.98 Å². The van der Waals surface area contributed by atoms with E-state index in [0.717, 1.165) is 41.8 Å². The SMILES string of the molecule is CC1(C)CC(=O)c2sc(N3CCOC(C)(C)C3)nc2C1. The molecule has 5 heteroatoms. The predicted molar refractivity (Wildman–Crippen MR) is 80.8 cm³/mol. The van der Waals surface area contributed by atoms with E-state index in [2.05, 4.69) is 32.6 Å². The standard InChI is InChI=1S/C15H22N2O2S/c1-14(2)7-10-12(11(18)8-14)20-13(16-10)17-5-6-19-15(3,4)9-17/h5-9H2,1-4H3. The fraction of sp³-hybridized carbons (Fsp3) is 0.733. The molecular formula is C15H22N2O2S. The van der Waals surface area contributed by atoms with Crippen LogP contribution in [0.15, 0.2) is 0 Å². The van der Waals surface area contributed by atoms with Crippen LogP contribution in [-0.4, -0.2) is 36.1 Å². The number of ketones is 1. The Hall–Kier alpha value is -0.940. The van der Waals surface area contributed by atoms with Crippen LogP contribution in [0.3, 0.4) is 0 Å². The second-order valence-corrected chi connectivity index (χ2v) is 8.22. The lowest BCUT2D eigenvalue weighted by molar-refractivity contribution is -0.0277. The van der Waals surface area contributed by atoms with Crippen molar-refractivity contribution >= 4 is 22.3 Å². The number of thiazole rings is 1. The van der Waals surface area contributed by atoms with E-state index < -0.39 is 0 Å². The molecule has 0 bridgehead atoms. The van der Waals surface area contributed by atoms with Crippen LogP contribution in [0.2, 0.25) is 0 Å². The summed E-state index contributed by atoms with van der Waals surface area (Å²) in [5.74, 6) is 0.257. The summed E-state index contributed by atoms with van der Waals surface area (Å²) in [6, 6.07) is 0. The molecule has 1 fully saturated rings. The largest absolute Gasteiger partial charge is 0.372 e. The first-order valence-electron chi connectivity index (χ1n) is 7.18. The highest BCUT2D eigenvalue weighted by molar-refractivity contribution is 7.17. The van der Waals surface area contributed by atoms with Crippen molar-refractivity contribution in [2.24, 2.45) is 5.41 Å². The van der Waals surface area contributed by atoms with Crippen molar-refractivity contribution in [3.05, 3.63) is 10.6 Å². The van der Waals surface area contributed by atoms with E-state index in [-0.39, 0.29) is 16.8 Å². The van der Waals surface area contributed by atoms with Gasteiger partial charge in [-0.3, -0.25) is 4.79 Å². The first-order chi connectivity index (χ1) is 9.26. The van der Waals surface area contributed by atoms with E-state index in [1.165, 1.54) is 0 Å². The lowest BCUT2D eigenvalue weighted by Crippen LogP contribution is -2.48. The van der Waals surface area contributed by atoms with Crippen LogP contribution >= 0.6 is 11.3 Å². The fourth-order valence-corrected chi connectivity index (χ4v) is 4.07. The highest BCUT2D eigenvalue weighted by Crippen LogP contribution is 2.39. The Morgan fingerprint density at radius 1 is 1.25 bits per heavy atom. The van der Waals surface area contributed by atoms with Gasteiger partial charge in [-0.1, -0.05) is 25.2 Å². The molecule has 1 saturated heterocycles. The first kappa shape index (κ1) is 14.0. The van der Waals surface area contributed by atoms with E-state index in [4.69, 9.17) is 9.72 Å². The lowest BCUT2D eigenvalue weighted by Gasteiger charge is -2.38. The summed E-state index contributed by atoms with van der Waals surface area (Å²) >= 11 is 1.56. The number of Topliss-reactive ketones (excluding diaryl/α,β-unsaturated/α-hetero) is 1. The van der Waals surface area contributed by atoms with Crippen LogP contribution in [0, 0.1) is 5.41 Å². The summed E-state index contributed by atoms with van der Waals surface area (Å²) < 4.78 is 5.74. The molecule has 1 aliphatic heterocycles. The second-order valence-electron chi connectivity index (χ2n) is 7.24. The smallest absolute Gasteiger partial charge is 0.186 e. The molecule has 0 amide bonds. The van der Waals surface area contributed by atoms with E-state index in [0.29, 0.717) is 6.42 Å². The van der Waals surface area contributed by atoms with Gasteiger partial charge in [0.1, 0.15) is 0 Å². The molecule has 0 spiro atoms. The molecular weight excluding hydrogens is 272 g/mol. The van der Waals surface area contributed by atoms with E-state index in [1.54, 1.807) is 11.3 Å². The molecule has 3 rings (SSSR count). The summed E-state index contributed by atoms with van der Waals surface area (Å²) in [6.45, 7) is 10.9. The van der Waals surface area contributed by atoms with Gasteiger partial charge in [0, 0.05) is 19.5 Å². The van der Waals surface area contributed by atoms with Crippen LogP contribution in [-0.2, 0) is 11.2 Å². The van der Waals surface area contributed by atoms with Crippen molar-refractivity contribution in [3.63, 3.8) is 0 Å². The quantitative estimate of drug-likeness (QED) is 0.798. The maximum atomic E-state index is 12.3. The zero-order valence-electron chi connectivity index (χ0n) is 12.7. The number of hydrogen-bond acceptors (Lipinski definition) is 5. The van der Waals surface area contributed by atoms with Crippen molar-refractivity contribution in [1.29, 1.82) is 0 Å². The first-order valence-corrected chi connectivity index (χ1v) is 7.99. The molecule has 1 aromatic rings. The molecule has 4 nitrogen and oxygen atoms in total. The van der Waals surface area contributed by atoms with Crippen LogP contribution in [0.1, 0.15) is 49.5 Å². The molecule has 20 heavy (non-hydrogen) atoms. The van der Waals surface area contributed by atoms with E-state index in [1.807, 2.05) is 0 Å². The monoisotopic (exact) mass is 294 g/mol.